The van der Waals surface area contributed by atoms with Crippen molar-refractivity contribution in [3.63, 3.8) is 0 Å². The van der Waals surface area contributed by atoms with Gasteiger partial charge in [-0.2, -0.15) is 0 Å². The van der Waals surface area contributed by atoms with Crippen LogP contribution in [0.3, 0.4) is 0 Å². The number of rotatable bonds is 7. The van der Waals surface area contributed by atoms with Crippen LogP contribution in [0.2, 0.25) is 5.02 Å². The van der Waals surface area contributed by atoms with E-state index in [9.17, 15) is 9.59 Å². The number of halogens is 1. The summed E-state index contributed by atoms with van der Waals surface area (Å²) in [6, 6.07) is 12.0. The molecule has 0 saturated heterocycles. The lowest BCUT2D eigenvalue weighted by Gasteiger charge is -2.08. The normalized spacial score (nSPS) is 10.2. The lowest BCUT2D eigenvalue weighted by Crippen LogP contribution is -2.13. The molecule has 0 spiro atoms. The molecule has 0 unspecified atom stereocenters. The van der Waals surface area contributed by atoms with Gasteiger partial charge in [0, 0.05) is 17.1 Å². The van der Waals surface area contributed by atoms with Crippen LogP contribution in [0.15, 0.2) is 42.5 Å². The molecule has 0 atom stereocenters. The fourth-order valence-corrected chi connectivity index (χ4v) is 2.28. The number of aryl methyl sites for hydroxylation is 1. The Bertz CT molecular complexity index is 744. The molecular weight excluding hydrogens is 342 g/mol. The van der Waals surface area contributed by atoms with E-state index in [0.717, 1.165) is 11.3 Å². The van der Waals surface area contributed by atoms with E-state index < -0.39 is 5.97 Å². The van der Waals surface area contributed by atoms with E-state index >= 15 is 0 Å². The largest absolute Gasteiger partial charge is 0.494 e. The van der Waals surface area contributed by atoms with Gasteiger partial charge in [0.25, 0.3) is 0 Å². The molecule has 1 amide bonds. The van der Waals surface area contributed by atoms with Crippen LogP contribution in [0.5, 0.6) is 5.75 Å². The van der Waals surface area contributed by atoms with Gasteiger partial charge in [0.2, 0.25) is 5.91 Å². The number of ether oxygens (including phenoxy) is 2. The molecular formula is C19H20ClNO4. The lowest BCUT2D eigenvalue weighted by atomic mass is 10.2. The van der Waals surface area contributed by atoms with Crippen LogP contribution < -0.4 is 10.1 Å². The van der Waals surface area contributed by atoms with Gasteiger partial charge >= 0.3 is 5.97 Å². The fourth-order valence-electron chi connectivity index (χ4n) is 2.16. The summed E-state index contributed by atoms with van der Waals surface area (Å²) in [5, 5.41) is 3.48. The summed E-state index contributed by atoms with van der Waals surface area (Å²) in [7, 11) is 1.32. The second kappa shape index (κ2) is 9.08. The highest BCUT2D eigenvalue weighted by Gasteiger charge is 2.06. The molecule has 0 heterocycles. The highest BCUT2D eigenvalue weighted by Crippen LogP contribution is 2.21. The SMILES string of the molecule is COC(=O)c1ccc(NC(=O)CCCOc2ccc(Cl)c(C)c2)cc1. The molecule has 0 bridgehead atoms. The lowest BCUT2D eigenvalue weighted by molar-refractivity contribution is -0.116. The smallest absolute Gasteiger partial charge is 0.337 e. The van der Waals surface area contributed by atoms with Crippen molar-refractivity contribution in [3.8, 4) is 5.75 Å². The predicted octanol–water partition coefficient (Wildman–Crippen LogP) is 4.23. The maximum absolute atomic E-state index is 11.9. The monoisotopic (exact) mass is 361 g/mol. The molecule has 0 aromatic heterocycles. The minimum absolute atomic E-state index is 0.110. The van der Waals surface area contributed by atoms with E-state index in [2.05, 4.69) is 10.1 Å². The third-order valence-corrected chi connectivity index (χ3v) is 3.96. The number of esters is 1. The average Bonchev–Trinajstić information content (AvgIpc) is 2.61. The van der Waals surface area contributed by atoms with E-state index in [0.29, 0.717) is 35.7 Å². The van der Waals surface area contributed by atoms with Crippen molar-refractivity contribution >= 4 is 29.2 Å². The van der Waals surface area contributed by atoms with E-state index in [1.54, 1.807) is 36.4 Å². The van der Waals surface area contributed by atoms with Gasteiger partial charge in [0.05, 0.1) is 19.3 Å². The average molecular weight is 362 g/mol. The molecule has 2 aromatic carbocycles. The van der Waals surface area contributed by atoms with Crippen LogP contribution in [0.4, 0.5) is 5.69 Å². The molecule has 5 nitrogen and oxygen atoms in total. The molecule has 0 fully saturated rings. The zero-order valence-corrected chi connectivity index (χ0v) is 14.9. The Kier molecular flexibility index (Phi) is 6.83. The van der Waals surface area contributed by atoms with Crippen LogP contribution in [-0.4, -0.2) is 25.6 Å². The molecule has 132 valence electrons. The summed E-state index contributed by atoms with van der Waals surface area (Å²) in [6.45, 7) is 2.35. The van der Waals surface area contributed by atoms with Gasteiger partial charge in [-0.3, -0.25) is 4.79 Å². The van der Waals surface area contributed by atoms with Crippen molar-refractivity contribution < 1.29 is 19.1 Å². The molecule has 6 heteroatoms. The molecule has 1 N–H and O–H groups in total. The number of amides is 1. The second-order valence-electron chi connectivity index (χ2n) is 5.48. The number of nitrogens with one attached hydrogen (secondary N) is 1. The van der Waals surface area contributed by atoms with E-state index in [-0.39, 0.29) is 5.91 Å². The molecule has 2 rings (SSSR count). The Balaban J connectivity index is 1.73. The zero-order valence-electron chi connectivity index (χ0n) is 14.2. The van der Waals surface area contributed by atoms with Crippen molar-refractivity contribution in [2.45, 2.75) is 19.8 Å². The van der Waals surface area contributed by atoms with Crippen molar-refractivity contribution in [1.82, 2.24) is 0 Å². The number of hydrogen-bond donors (Lipinski definition) is 1. The van der Waals surface area contributed by atoms with Crippen molar-refractivity contribution in [2.75, 3.05) is 19.0 Å². The van der Waals surface area contributed by atoms with Crippen LogP contribution in [0.1, 0.15) is 28.8 Å². The van der Waals surface area contributed by atoms with Crippen LogP contribution in [0, 0.1) is 6.92 Å². The molecule has 0 aliphatic carbocycles. The van der Waals surface area contributed by atoms with Gasteiger partial charge in [0.1, 0.15) is 5.75 Å². The van der Waals surface area contributed by atoms with E-state index in [1.165, 1.54) is 7.11 Å². The Labute approximate surface area is 151 Å². The number of methoxy groups -OCH3 is 1. The van der Waals surface area contributed by atoms with Crippen LogP contribution >= 0.6 is 11.6 Å². The number of carbonyl (C=O) groups excluding carboxylic acids is 2. The summed E-state index contributed by atoms with van der Waals surface area (Å²) in [4.78, 5) is 23.3. The van der Waals surface area contributed by atoms with Gasteiger partial charge in [-0.25, -0.2) is 4.79 Å². The topological polar surface area (TPSA) is 64.6 Å². The summed E-state index contributed by atoms with van der Waals surface area (Å²) in [6.07, 6.45) is 0.930. The first kappa shape index (κ1) is 18.8. The molecule has 0 radical (unpaired) electrons. The standard InChI is InChI=1S/C19H20ClNO4/c1-13-12-16(9-10-17(13)20)25-11-3-4-18(22)21-15-7-5-14(6-8-15)19(23)24-2/h5-10,12H,3-4,11H2,1-2H3,(H,21,22). The van der Waals surface area contributed by atoms with E-state index in [1.807, 2.05) is 13.0 Å². The highest BCUT2D eigenvalue weighted by atomic mass is 35.5. The van der Waals surface area contributed by atoms with Gasteiger partial charge in [-0.05, 0) is 61.4 Å². The van der Waals surface area contributed by atoms with Crippen LogP contribution in [0.25, 0.3) is 0 Å². The summed E-state index contributed by atoms with van der Waals surface area (Å²) >= 11 is 5.96. The van der Waals surface area contributed by atoms with E-state index in [4.69, 9.17) is 16.3 Å². The summed E-state index contributed by atoms with van der Waals surface area (Å²) < 4.78 is 10.2. The Morgan fingerprint density at radius 3 is 2.48 bits per heavy atom. The predicted molar refractivity (Wildman–Crippen MR) is 97.3 cm³/mol. The quantitative estimate of drug-likeness (QED) is 0.592. The molecule has 25 heavy (non-hydrogen) atoms. The van der Waals surface area contributed by atoms with Gasteiger partial charge in [-0.15, -0.1) is 0 Å². The highest BCUT2D eigenvalue weighted by molar-refractivity contribution is 6.31. The maximum atomic E-state index is 11.9. The summed E-state index contributed by atoms with van der Waals surface area (Å²) in [5.41, 5.74) is 2.02. The molecule has 2 aromatic rings. The minimum atomic E-state index is -0.410. The van der Waals surface area contributed by atoms with Gasteiger partial charge < -0.3 is 14.8 Å². The first-order chi connectivity index (χ1) is 12.0. The maximum Gasteiger partial charge on any atom is 0.337 e. The molecule has 0 aliphatic heterocycles. The number of hydrogen-bond acceptors (Lipinski definition) is 4. The molecule has 0 aliphatic rings. The molecule has 0 saturated carbocycles. The zero-order chi connectivity index (χ0) is 18.2. The van der Waals surface area contributed by atoms with Crippen LogP contribution in [-0.2, 0) is 9.53 Å². The third kappa shape index (κ3) is 5.80. The van der Waals surface area contributed by atoms with Gasteiger partial charge in [-0.1, -0.05) is 11.6 Å². The number of carbonyl (C=O) groups is 2. The minimum Gasteiger partial charge on any atom is -0.494 e. The van der Waals surface area contributed by atoms with Crippen molar-refractivity contribution in [1.29, 1.82) is 0 Å². The summed E-state index contributed by atoms with van der Waals surface area (Å²) in [5.74, 6) is 0.217. The first-order valence-corrected chi connectivity index (χ1v) is 8.24. The first-order valence-electron chi connectivity index (χ1n) is 7.87. The van der Waals surface area contributed by atoms with Gasteiger partial charge in [0.15, 0.2) is 0 Å². The Morgan fingerprint density at radius 1 is 1.12 bits per heavy atom. The van der Waals surface area contributed by atoms with Crippen molar-refractivity contribution in [3.05, 3.63) is 58.6 Å². The number of anilines is 1. The fraction of sp³-hybridized carbons (Fsp3) is 0.263. The van der Waals surface area contributed by atoms with Crippen molar-refractivity contribution in [2.24, 2.45) is 0 Å². The Morgan fingerprint density at radius 2 is 1.84 bits per heavy atom. The second-order valence-corrected chi connectivity index (χ2v) is 5.89. The Hall–Kier alpha value is -2.53. The third-order valence-electron chi connectivity index (χ3n) is 3.54. The number of benzene rings is 2.